The van der Waals surface area contributed by atoms with Crippen LogP contribution in [0.2, 0.25) is 0 Å². The molecule has 0 aromatic heterocycles. The van der Waals surface area contributed by atoms with Gasteiger partial charge in [-0.05, 0) is 0 Å². The number of rotatable bonds is 0. The van der Waals surface area contributed by atoms with Gasteiger partial charge in [-0.15, -0.1) is 0 Å². The Hall–Kier alpha value is 0.730. The van der Waals surface area contributed by atoms with Gasteiger partial charge in [-0.3, -0.25) is 0 Å². The maximum absolute atomic E-state index is 1.61. The molecule has 2 aliphatic rings. The molecule has 6 heavy (non-hydrogen) atoms. The molecule has 1 saturated heterocycles. The van der Waals surface area contributed by atoms with Crippen molar-refractivity contribution in [1.29, 1.82) is 0 Å². The van der Waals surface area contributed by atoms with Gasteiger partial charge >= 0.3 is 48.3 Å². The second-order valence-corrected chi connectivity index (χ2v) is 6.01. The van der Waals surface area contributed by atoms with Crippen molar-refractivity contribution in [3.8, 4) is 0 Å². The Bertz CT molecular complexity index is 62.3. The quantitative estimate of drug-likeness (QED) is 0.310. The number of hydrogen-bond acceptors (Lipinski definition) is 0. The summed E-state index contributed by atoms with van der Waals surface area (Å²) in [7, 11) is 0. The molecule has 0 spiro atoms. The molecule has 0 amide bonds. The average molecular weight is 195 g/mol. The summed E-state index contributed by atoms with van der Waals surface area (Å²) < 4.78 is 2.65. The van der Waals surface area contributed by atoms with Crippen molar-refractivity contribution in [2.24, 2.45) is 0 Å². The molecular formula is C5H8I-. The molecule has 2 unspecified atom stereocenters. The second kappa shape index (κ2) is 1.11. The zero-order valence-corrected chi connectivity index (χ0v) is 5.81. The molecule has 1 heterocycles. The van der Waals surface area contributed by atoms with E-state index < -0.39 is 0 Å². The van der Waals surface area contributed by atoms with Crippen LogP contribution in [0.4, 0.5) is 0 Å². The van der Waals surface area contributed by atoms with E-state index >= 15 is 0 Å². The summed E-state index contributed by atoms with van der Waals surface area (Å²) in [4.78, 5) is 0. The van der Waals surface area contributed by atoms with Gasteiger partial charge in [0, 0.05) is 0 Å². The molecule has 1 aliphatic heterocycles. The van der Waals surface area contributed by atoms with E-state index in [0.29, 0.717) is 0 Å². The third-order valence-electron chi connectivity index (χ3n) is 1.61. The fourth-order valence-electron chi connectivity index (χ4n) is 1.16. The topological polar surface area (TPSA) is 0 Å². The van der Waals surface area contributed by atoms with E-state index in [2.05, 4.69) is 0 Å². The first kappa shape index (κ1) is 3.70. The van der Waals surface area contributed by atoms with Crippen LogP contribution in [0, 0.1) is 0 Å². The molecule has 2 rings (SSSR count). The Morgan fingerprint density at radius 3 is 2.00 bits per heavy atom. The van der Waals surface area contributed by atoms with Gasteiger partial charge < -0.3 is 0 Å². The molecule has 1 aliphatic carbocycles. The second-order valence-electron chi connectivity index (χ2n) is 2.09. The summed E-state index contributed by atoms with van der Waals surface area (Å²) in [5.41, 5.74) is 0. The monoisotopic (exact) mass is 195 g/mol. The van der Waals surface area contributed by atoms with Gasteiger partial charge in [0.25, 0.3) is 0 Å². The van der Waals surface area contributed by atoms with Crippen LogP contribution in [0.5, 0.6) is 0 Å². The molecule has 0 N–H and O–H groups in total. The van der Waals surface area contributed by atoms with Gasteiger partial charge in [0.2, 0.25) is 0 Å². The van der Waals surface area contributed by atoms with Crippen molar-refractivity contribution in [2.45, 2.75) is 27.1 Å². The van der Waals surface area contributed by atoms with E-state index in [4.69, 9.17) is 0 Å². The molecular weight excluding hydrogens is 187 g/mol. The van der Waals surface area contributed by atoms with Gasteiger partial charge in [0.15, 0.2) is 0 Å². The Kier molecular flexibility index (Phi) is 0.686. The normalized spacial score (nSPS) is 53.3. The van der Waals surface area contributed by atoms with Crippen LogP contribution >= 0.6 is 0 Å². The van der Waals surface area contributed by atoms with E-state index in [9.17, 15) is 0 Å². The van der Waals surface area contributed by atoms with Crippen LogP contribution in [0.15, 0.2) is 0 Å². The van der Waals surface area contributed by atoms with Crippen molar-refractivity contribution in [1.82, 2.24) is 0 Å². The fourth-order valence-corrected chi connectivity index (χ4v) is 4.43. The van der Waals surface area contributed by atoms with Gasteiger partial charge in [-0.2, -0.15) is 0 Å². The molecule has 2 fully saturated rings. The minimum atomic E-state index is 0.798. The Morgan fingerprint density at radius 2 is 1.83 bits per heavy atom. The SMILES string of the molecule is C1CC2[I-]C2C1. The molecule has 0 bridgehead atoms. The zero-order chi connectivity index (χ0) is 3.98. The first-order chi connectivity index (χ1) is 2.97. The van der Waals surface area contributed by atoms with Gasteiger partial charge in [0.1, 0.15) is 0 Å². The van der Waals surface area contributed by atoms with E-state index in [-0.39, 0.29) is 0 Å². The summed E-state index contributed by atoms with van der Waals surface area (Å²) in [5, 5.41) is 0. The number of fused-ring (bicyclic) bond motifs is 1. The molecule has 0 radical (unpaired) electrons. The molecule has 0 aromatic rings. The van der Waals surface area contributed by atoms with Crippen LogP contribution in [0.1, 0.15) is 19.3 Å². The van der Waals surface area contributed by atoms with Crippen molar-refractivity contribution in [3.05, 3.63) is 0 Å². The van der Waals surface area contributed by atoms with Crippen LogP contribution < -0.4 is 21.2 Å². The summed E-state index contributed by atoms with van der Waals surface area (Å²) in [6, 6.07) is 0. The van der Waals surface area contributed by atoms with Crippen LogP contribution in [-0.2, 0) is 0 Å². The summed E-state index contributed by atoms with van der Waals surface area (Å²) in [5.74, 6) is 0. The van der Waals surface area contributed by atoms with Crippen LogP contribution in [0.25, 0.3) is 0 Å². The fraction of sp³-hybridized carbons (Fsp3) is 1.00. The van der Waals surface area contributed by atoms with Crippen molar-refractivity contribution in [2.75, 3.05) is 0 Å². The van der Waals surface area contributed by atoms with Crippen molar-refractivity contribution >= 4 is 0 Å². The van der Waals surface area contributed by atoms with E-state index in [1.165, 1.54) is 7.85 Å². The first-order valence-electron chi connectivity index (χ1n) is 2.59. The number of hydrogen-bond donors (Lipinski definition) is 0. The standard InChI is InChI=1S/C5H8I/c1-2-4-5(3-1)6-4/h4-5H,1-3H2/q-1. The summed E-state index contributed by atoms with van der Waals surface area (Å²) >= 11 is 0.798. The summed E-state index contributed by atoms with van der Waals surface area (Å²) in [6.45, 7) is 0. The van der Waals surface area contributed by atoms with Crippen LogP contribution in [-0.4, -0.2) is 7.85 Å². The average Bonchev–Trinajstić information content (AvgIpc) is 2.17. The molecule has 36 valence electrons. The molecule has 0 aromatic carbocycles. The zero-order valence-electron chi connectivity index (χ0n) is 3.65. The van der Waals surface area contributed by atoms with E-state index in [1.807, 2.05) is 0 Å². The van der Waals surface area contributed by atoms with E-state index in [1.54, 1.807) is 19.3 Å². The third kappa shape index (κ3) is 0.406. The van der Waals surface area contributed by atoms with E-state index in [0.717, 1.165) is 21.2 Å². The Balaban J connectivity index is 2.09. The number of alkyl halides is 2. The Morgan fingerprint density at radius 1 is 1.17 bits per heavy atom. The number of halogens is 1. The van der Waals surface area contributed by atoms with Crippen molar-refractivity contribution < 1.29 is 21.2 Å². The van der Waals surface area contributed by atoms with Gasteiger partial charge in [0.05, 0.1) is 0 Å². The third-order valence-corrected chi connectivity index (χ3v) is 5.61. The molecule has 0 nitrogen and oxygen atoms in total. The van der Waals surface area contributed by atoms with Crippen LogP contribution in [0.3, 0.4) is 0 Å². The summed E-state index contributed by atoms with van der Waals surface area (Å²) in [6.07, 6.45) is 4.78. The molecule has 1 heteroatoms. The first-order valence-corrected chi connectivity index (χ1v) is 5.08. The van der Waals surface area contributed by atoms with Gasteiger partial charge in [-0.25, -0.2) is 0 Å². The van der Waals surface area contributed by atoms with Crippen molar-refractivity contribution in [3.63, 3.8) is 0 Å². The molecule has 2 atom stereocenters. The Labute approximate surface area is 48.6 Å². The van der Waals surface area contributed by atoms with Gasteiger partial charge in [-0.1, -0.05) is 0 Å². The maximum atomic E-state index is 1.61. The predicted molar refractivity (Wildman–Crippen MR) is 21.4 cm³/mol. The molecule has 1 saturated carbocycles. The predicted octanol–water partition coefficient (Wildman–Crippen LogP) is -1.99. The minimum absolute atomic E-state index is 0.798.